The Kier molecular flexibility index (Phi) is 6.12. The highest BCUT2D eigenvalue weighted by molar-refractivity contribution is 7.20. The second kappa shape index (κ2) is 9.26. The number of hydrogen-bond donors (Lipinski definition) is 1. The Bertz CT molecular complexity index is 1460. The van der Waals surface area contributed by atoms with Gasteiger partial charge in [0.1, 0.15) is 11.9 Å². The van der Waals surface area contributed by atoms with Crippen molar-refractivity contribution in [1.29, 1.82) is 0 Å². The zero-order valence-corrected chi connectivity index (χ0v) is 19.8. The number of rotatable bonds is 5. The first-order chi connectivity index (χ1) is 17.2. The number of alkyl halides is 3. The predicted octanol–water partition coefficient (Wildman–Crippen LogP) is 3.74. The van der Waals surface area contributed by atoms with Crippen molar-refractivity contribution in [3.63, 3.8) is 0 Å². The Labute approximate surface area is 206 Å². The van der Waals surface area contributed by atoms with E-state index in [-0.39, 0.29) is 24.9 Å². The summed E-state index contributed by atoms with van der Waals surface area (Å²) in [6.07, 6.45) is -2.36. The van der Waals surface area contributed by atoms with Crippen LogP contribution in [0, 0.1) is 0 Å². The quantitative estimate of drug-likeness (QED) is 0.436. The number of halogens is 3. The molecule has 8 nitrogen and oxygen atoms in total. The molecule has 0 saturated carbocycles. The van der Waals surface area contributed by atoms with Gasteiger partial charge in [0.05, 0.1) is 28.2 Å². The predicted molar refractivity (Wildman–Crippen MR) is 128 cm³/mol. The van der Waals surface area contributed by atoms with Crippen LogP contribution in [0.15, 0.2) is 53.5 Å². The summed E-state index contributed by atoms with van der Waals surface area (Å²) in [5, 5.41) is 3.85. The molecule has 0 saturated heterocycles. The molecule has 0 atom stereocenters. The monoisotopic (exact) mass is 515 g/mol. The van der Waals surface area contributed by atoms with Crippen molar-refractivity contribution < 1.29 is 22.8 Å². The van der Waals surface area contributed by atoms with Gasteiger partial charge in [0, 0.05) is 31.1 Å². The van der Waals surface area contributed by atoms with Gasteiger partial charge in [-0.05, 0) is 29.8 Å². The van der Waals surface area contributed by atoms with Crippen molar-refractivity contribution in [1.82, 2.24) is 19.6 Å². The number of amides is 1. The van der Waals surface area contributed by atoms with Gasteiger partial charge in [0.2, 0.25) is 5.95 Å². The molecule has 0 unspecified atom stereocenters. The number of pyridine rings is 1. The zero-order valence-electron chi connectivity index (χ0n) is 19.0. The molecule has 0 radical (unpaired) electrons. The van der Waals surface area contributed by atoms with Gasteiger partial charge in [-0.3, -0.25) is 9.59 Å². The molecule has 1 aliphatic heterocycles. The Morgan fingerprint density at radius 2 is 2.00 bits per heavy atom. The maximum absolute atomic E-state index is 13.2. The molecule has 1 aliphatic rings. The number of anilines is 1. The van der Waals surface area contributed by atoms with Crippen LogP contribution in [-0.2, 0) is 25.7 Å². The fourth-order valence-electron chi connectivity index (χ4n) is 4.04. The van der Waals surface area contributed by atoms with E-state index >= 15 is 0 Å². The molecule has 36 heavy (non-hydrogen) atoms. The van der Waals surface area contributed by atoms with E-state index in [0.717, 1.165) is 27.1 Å². The minimum Gasteiger partial charge on any atom is -0.411 e. The number of nitrogens with zero attached hydrogens (tertiary/aromatic N) is 4. The van der Waals surface area contributed by atoms with Crippen molar-refractivity contribution in [3.8, 4) is 0 Å². The van der Waals surface area contributed by atoms with Crippen LogP contribution in [0.2, 0.25) is 0 Å². The van der Waals surface area contributed by atoms with Gasteiger partial charge in [0.15, 0.2) is 0 Å². The number of fused-ring (bicyclic) bond motifs is 2. The number of carbonyl (C=O) groups is 1. The van der Waals surface area contributed by atoms with Gasteiger partial charge in [-0.1, -0.05) is 18.2 Å². The highest BCUT2D eigenvalue weighted by Gasteiger charge is 2.30. The molecule has 0 aliphatic carbocycles. The number of thiophene rings is 1. The molecule has 1 N–H and O–H groups in total. The highest BCUT2D eigenvalue weighted by Crippen LogP contribution is 2.29. The van der Waals surface area contributed by atoms with Gasteiger partial charge >= 0.3 is 6.18 Å². The standard InChI is InChI=1S/C24H20F3N5O3S/c1-35-32-21(33)17-13-31(22(34)19-11-15-3-2-9-28-20(15)36-19)10-8-18(17)30-23(32)29-12-14-4-6-16(7-5-14)24(25,26)27/h2-7,9,11H,8,10,12-13H2,1H3,(H,29,30). The molecule has 1 aromatic carbocycles. The van der Waals surface area contributed by atoms with Gasteiger partial charge in [0.25, 0.3) is 11.5 Å². The Balaban J connectivity index is 1.35. The molecular weight excluding hydrogens is 495 g/mol. The molecule has 186 valence electrons. The normalized spacial score (nSPS) is 13.5. The Morgan fingerprint density at radius 1 is 1.22 bits per heavy atom. The van der Waals surface area contributed by atoms with Crippen LogP contribution in [0.4, 0.5) is 19.1 Å². The molecule has 1 amide bonds. The van der Waals surface area contributed by atoms with E-state index in [1.165, 1.54) is 30.6 Å². The van der Waals surface area contributed by atoms with Crippen LogP contribution >= 0.6 is 11.3 Å². The fourth-order valence-corrected chi connectivity index (χ4v) is 5.01. The summed E-state index contributed by atoms with van der Waals surface area (Å²) in [6.45, 7) is 0.608. The first kappa shape index (κ1) is 23.8. The SMILES string of the molecule is COn1c(NCc2ccc(C(F)(F)F)cc2)nc2c(c1=O)CN(C(=O)c1cc3cccnc3s1)CC2. The number of carbonyl (C=O) groups excluding carboxylic acids is 1. The van der Waals surface area contributed by atoms with Crippen LogP contribution in [-0.4, -0.2) is 39.2 Å². The summed E-state index contributed by atoms with van der Waals surface area (Å²) >= 11 is 1.30. The number of nitrogens with one attached hydrogen (secondary N) is 1. The van der Waals surface area contributed by atoms with Crippen molar-refractivity contribution in [2.24, 2.45) is 0 Å². The second-order valence-electron chi connectivity index (χ2n) is 8.18. The van der Waals surface area contributed by atoms with Crippen LogP contribution in [0.3, 0.4) is 0 Å². The average molecular weight is 516 g/mol. The summed E-state index contributed by atoms with van der Waals surface area (Å²) in [4.78, 5) is 43.2. The molecule has 3 aromatic heterocycles. The first-order valence-corrected chi connectivity index (χ1v) is 11.8. The second-order valence-corrected chi connectivity index (χ2v) is 9.21. The van der Waals surface area contributed by atoms with E-state index in [9.17, 15) is 22.8 Å². The summed E-state index contributed by atoms with van der Waals surface area (Å²) in [7, 11) is 1.31. The zero-order chi connectivity index (χ0) is 25.4. The molecule has 0 bridgehead atoms. The summed E-state index contributed by atoms with van der Waals surface area (Å²) in [5.74, 6) is -0.0481. The van der Waals surface area contributed by atoms with Gasteiger partial charge in [-0.25, -0.2) is 9.97 Å². The van der Waals surface area contributed by atoms with Gasteiger partial charge < -0.3 is 15.1 Å². The van der Waals surface area contributed by atoms with Crippen molar-refractivity contribution in [3.05, 3.63) is 86.3 Å². The fraction of sp³-hybridized carbons (Fsp3) is 0.250. The minimum atomic E-state index is -4.41. The molecule has 0 spiro atoms. The average Bonchev–Trinajstić information content (AvgIpc) is 3.31. The van der Waals surface area contributed by atoms with Gasteiger partial charge in [-0.2, -0.15) is 13.2 Å². The summed E-state index contributed by atoms with van der Waals surface area (Å²) in [6, 6.07) is 10.2. The molecule has 12 heteroatoms. The van der Waals surface area contributed by atoms with E-state index in [2.05, 4.69) is 15.3 Å². The third-order valence-corrected chi connectivity index (χ3v) is 6.94. The summed E-state index contributed by atoms with van der Waals surface area (Å²) < 4.78 is 39.4. The maximum atomic E-state index is 13.2. The van der Waals surface area contributed by atoms with Crippen LogP contribution in [0.5, 0.6) is 0 Å². The van der Waals surface area contributed by atoms with Crippen LogP contribution in [0.25, 0.3) is 10.2 Å². The lowest BCUT2D eigenvalue weighted by Gasteiger charge is -2.28. The van der Waals surface area contributed by atoms with E-state index in [1.54, 1.807) is 17.2 Å². The van der Waals surface area contributed by atoms with E-state index < -0.39 is 17.3 Å². The van der Waals surface area contributed by atoms with E-state index in [4.69, 9.17) is 4.84 Å². The first-order valence-electron chi connectivity index (χ1n) is 11.0. The smallest absolute Gasteiger partial charge is 0.411 e. The molecular formula is C24H20F3N5O3S. The Hall–Kier alpha value is -3.93. The molecule has 0 fully saturated rings. The maximum Gasteiger partial charge on any atom is 0.416 e. The van der Waals surface area contributed by atoms with Crippen molar-refractivity contribution in [2.45, 2.75) is 25.7 Å². The molecule has 4 aromatic rings. The van der Waals surface area contributed by atoms with Crippen molar-refractivity contribution in [2.75, 3.05) is 19.0 Å². The lowest BCUT2D eigenvalue weighted by molar-refractivity contribution is -0.137. The van der Waals surface area contributed by atoms with E-state index in [1.807, 2.05) is 12.1 Å². The highest BCUT2D eigenvalue weighted by atomic mass is 32.1. The van der Waals surface area contributed by atoms with E-state index in [0.29, 0.717) is 34.7 Å². The largest absolute Gasteiger partial charge is 0.416 e. The lowest BCUT2D eigenvalue weighted by Crippen LogP contribution is -2.42. The number of aromatic nitrogens is 3. The Morgan fingerprint density at radius 3 is 2.69 bits per heavy atom. The van der Waals surface area contributed by atoms with Crippen LogP contribution < -0.4 is 15.7 Å². The number of benzene rings is 1. The minimum absolute atomic E-state index is 0.0875. The molecule has 5 rings (SSSR count). The molecule has 4 heterocycles. The number of hydrogen-bond acceptors (Lipinski definition) is 7. The third kappa shape index (κ3) is 4.51. The summed E-state index contributed by atoms with van der Waals surface area (Å²) in [5.41, 5.74) is 0.291. The van der Waals surface area contributed by atoms with Crippen LogP contribution in [0.1, 0.15) is 32.1 Å². The van der Waals surface area contributed by atoms with Crippen molar-refractivity contribution >= 4 is 33.4 Å². The third-order valence-electron chi connectivity index (χ3n) is 5.90. The lowest BCUT2D eigenvalue weighted by atomic mass is 10.1. The van der Waals surface area contributed by atoms with Gasteiger partial charge in [-0.15, -0.1) is 16.1 Å². The topological polar surface area (TPSA) is 89.4 Å².